The zero-order valence-corrected chi connectivity index (χ0v) is 27.8. The van der Waals surface area contributed by atoms with E-state index in [1.54, 1.807) is 0 Å². The summed E-state index contributed by atoms with van der Waals surface area (Å²) < 4.78 is 11.3. The minimum atomic E-state index is 0.870. The predicted molar refractivity (Wildman–Crippen MR) is 207 cm³/mol. The second kappa shape index (κ2) is 11.0. The largest absolute Gasteiger partial charge is 0.453 e. The molecule has 0 bridgehead atoms. The van der Waals surface area contributed by atoms with Crippen LogP contribution in [0.25, 0.3) is 55.3 Å². The molecule has 9 aromatic rings. The molecule has 0 aliphatic carbocycles. The van der Waals surface area contributed by atoms with Gasteiger partial charge in [0.05, 0.1) is 33.6 Å². The smallest absolute Gasteiger partial charge is 0.151 e. The van der Waals surface area contributed by atoms with Crippen molar-refractivity contribution in [2.45, 2.75) is 13.8 Å². The zero-order chi connectivity index (χ0) is 33.3. The van der Waals surface area contributed by atoms with Crippen LogP contribution in [0.5, 0.6) is 11.5 Å². The first-order valence-corrected chi connectivity index (χ1v) is 17.1. The Bertz CT molecular complexity index is 2690. The van der Waals surface area contributed by atoms with E-state index in [4.69, 9.17) is 4.74 Å². The summed E-state index contributed by atoms with van der Waals surface area (Å²) in [5, 5.41) is 3.69. The molecule has 50 heavy (non-hydrogen) atoms. The van der Waals surface area contributed by atoms with E-state index >= 15 is 0 Å². The quantitative estimate of drug-likeness (QED) is 0.190. The number of aromatic nitrogens is 2. The van der Waals surface area contributed by atoms with Crippen molar-refractivity contribution in [2.75, 3.05) is 4.90 Å². The van der Waals surface area contributed by atoms with Crippen LogP contribution in [0, 0.1) is 13.8 Å². The lowest BCUT2D eigenvalue weighted by atomic mass is 10.1. The molecule has 7 aromatic carbocycles. The van der Waals surface area contributed by atoms with Crippen LogP contribution in [-0.2, 0) is 0 Å². The predicted octanol–water partition coefficient (Wildman–Crippen LogP) is 12.6. The maximum absolute atomic E-state index is 6.44. The lowest BCUT2D eigenvalue weighted by Crippen LogP contribution is -2.16. The summed E-state index contributed by atoms with van der Waals surface area (Å²) in [6.07, 6.45) is 0. The van der Waals surface area contributed by atoms with Crippen molar-refractivity contribution in [3.05, 3.63) is 175 Å². The Morgan fingerprint density at radius 3 is 1.70 bits per heavy atom. The molecule has 0 unspecified atom stereocenters. The molecule has 1 aliphatic heterocycles. The maximum atomic E-state index is 6.44. The van der Waals surface area contributed by atoms with E-state index in [-0.39, 0.29) is 0 Å². The van der Waals surface area contributed by atoms with E-state index in [9.17, 15) is 0 Å². The topological polar surface area (TPSA) is 22.3 Å². The molecule has 238 valence electrons. The summed E-state index contributed by atoms with van der Waals surface area (Å²) >= 11 is 0. The fraction of sp³-hybridized carbons (Fsp3) is 0.0435. The molecular weight excluding hydrogens is 611 g/mol. The van der Waals surface area contributed by atoms with Crippen LogP contribution in [-0.4, -0.2) is 9.13 Å². The van der Waals surface area contributed by atoms with E-state index < -0.39 is 0 Å². The second-order valence-corrected chi connectivity index (χ2v) is 13.2. The molecule has 0 saturated heterocycles. The third kappa shape index (κ3) is 4.32. The summed E-state index contributed by atoms with van der Waals surface area (Å²) in [7, 11) is 0. The average Bonchev–Trinajstić information content (AvgIpc) is 3.71. The standard InChI is InChI=1S/C46H33N3O/c1-30-17-24-41-44(27-30)50-45-28-31(2)18-25-42(45)48(41)34-19-21-35(22-20-34)49-39-16-10-9-15-36(39)37-23-26-40-38(46(37)49)29-43(32-11-5-3-6-12-32)47(40)33-13-7-4-8-14-33/h3-29H,1-2H3. The van der Waals surface area contributed by atoms with Crippen molar-refractivity contribution in [1.82, 2.24) is 9.13 Å². The monoisotopic (exact) mass is 643 g/mol. The van der Waals surface area contributed by atoms with Gasteiger partial charge in [0.15, 0.2) is 11.5 Å². The minimum absolute atomic E-state index is 0.870. The number of aryl methyl sites for hydroxylation is 2. The average molecular weight is 644 g/mol. The molecule has 3 heterocycles. The lowest BCUT2D eigenvalue weighted by Gasteiger charge is -2.33. The van der Waals surface area contributed by atoms with Crippen LogP contribution in [0.3, 0.4) is 0 Å². The molecule has 0 atom stereocenters. The van der Waals surface area contributed by atoms with E-state index in [0.29, 0.717) is 0 Å². The number of fused-ring (bicyclic) bond motifs is 7. The molecule has 0 N–H and O–H groups in total. The number of para-hydroxylation sites is 2. The van der Waals surface area contributed by atoms with Gasteiger partial charge in [-0.05, 0) is 109 Å². The van der Waals surface area contributed by atoms with Gasteiger partial charge in [0.25, 0.3) is 0 Å². The van der Waals surface area contributed by atoms with E-state index in [0.717, 1.165) is 39.9 Å². The molecule has 2 aromatic heterocycles. The van der Waals surface area contributed by atoms with E-state index in [1.807, 2.05) is 0 Å². The molecule has 0 radical (unpaired) electrons. The number of ether oxygens (including phenoxy) is 1. The number of benzene rings is 7. The summed E-state index contributed by atoms with van der Waals surface area (Å²) in [4.78, 5) is 2.31. The Labute approximate surface area is 290 Å². The Morgan fingerprint density at radius 1 is 0.420 bits per heavy atom. The number of rotatable bonds is 4. The van der Waals surface area contributed by atoms with Crippen molar-refractivity contribution in [1.29, 1.82) is 0 Å². The summed E-state index contributed by atoms with van der Waals surface area (Å²) in [5.41, 5.74) is 13.7. The van der Waals surface area contributed by atoms with Crippen LogP contribution in [0.4, 0.5) is 17.1 Å². The van der Waals surface area contributed by atoms with Gasteiger partial charge in [-0.3, -0.25) is 0 Å². The Balaban J connectivity index is 1.20. The first-order valence-electron chi connectivity index (χ1n) is 17.1. The minimum Gasteiger partial charge on any atom is -0.453 e. The highest BCUT2D eigenvalue weighted by atomic mass is 16.5. The Hall–Kier alpha value is -6.52. The molecule has 10 rings (SSSR count). The van der Waals surface area contributed by atoms with Crippen LogP contribution < -0.4 is 9.64 Å². The maximum Gasteiger partial charge on any atom is 0.151 e. The van der Waals surface area contributed by atoms with Gasteiger partial charge in [-0.1, -0.05) is 84.9 Å². The van der Waals surface area contributed by atoms with Gasteiger partial charge >= 0.3 is 0 Å². The number of nitrogens with zero attached hydrogens (tertiary/aromatic N) is 3. The van der Waals surface area contributed by atoms with E-state index in [2.05, 4.69) is 192 Å². The van der Waals surface area contributed by atoms with Gasteiger partial charge in [0.1, 0.15) is 0 Å². The zero-order valence-electron chi connectivity index (χ0n) is 27.8. The highest BCUT2D eigenvalue weighted by molar-refractivity contribution is 6.19. The molecule has 0 spiro atoms. The third-order valence-electron chi connectivity index (χ3n) is 10.00. The van der Waals surface area contributed by atoms with Gasteiger partial charge in [-0.2, -0.15) is 0 Å². The summed E-state index contributed by atoms with van der Waals surface area (Å²) in [6.45, 7) is 4.21. The van der Waals surface area contributed by atoms with Gasteiger partial charge in [-0.15, -0.1) is 0 Å². The third-order valence-corrected chi connectivity index (χ3v) is 10.00. The van der Waals surface area contributed by atoms with Gasteiger partial charge in [0.2, 0.25) is 0 Å². The first-order chi connectivity index (χ1) is 24.6. The molecule has 4 nitrogen and oxygen atoms in total. The Kier molecular flexibility index (Phi) is 6.27. The lowest BCUT2D eigenvalue weighted by molar-refractivity contribution is 0.476. The number of anilines is 3. The highest BCUT2D eigenvalue weighted by Gasteiger charge is 2.26. The van der Waals surface area contributed by atoms with Crippen molar-refractivity contribution in [2.24, 2.45) is 0 Å². The van der Waals surface area contributed by atoms with Crippen molar-refractivity contribution in [3.63, 3.8) is 0 Å². The fourth-order valence-corrected chi connectivity index (χ4v) is 7.74. The summed E-state index contributed by atoms with van der Waals surface area (Å²) in [5.74, 6) is 1.74. The molecule has 0 saturated carbocycles. The van der Waals surface area contributed by atoms with Crippen LogP contribution in [0.15, 0.2) is 164 Å². The van der Waals surface area contributed by atoms with Gasteiger partial charge < -0.3 is 18.8 Å². The second-order valence-electron chi connectivity index (χ2n) is 13.2. The van der Waals surface area contributed by atoms with Crippen molar-refractivity contribution in [3.8, 4) is 34.1 Å². The van der Waals surface area contributed by atoms with Crippen molar-refractivity contribution >= 4 is 49.8 Å². The van der Waals surface area contributed by atoms with Crippen LogP contribution >= 0.6 is 0 Å². The van der Waals surface area contributed by atoms with Crippen molar-refractivity contribution < 1.29 is 4.74 Å². The number of hydrogen-bond acceptors (Lipinski definition) is 2. The molecule has 0 fully saturated rings. The van der Waals surface area contributed by atoms with E-state index in [1.165, 1.54) is 55.1 Å². The molecular formula is C46H33N3O. The first kappa shape index (κ1) is 28.5. The highest BCUT2D eigenvalue weighted by Crippen LogP contribution is 2.51. The number of hydrogen-bond donors (Lipinski definition) is 0. The molecule has 0 amide bonds. The Morgan fingerprint density at radius 2 is 1.00 bits per heavy atom. The fourth-order valence-electron chi connectivity index (χ4n) is 7.74. The van der Waals surface area contributed by atoms with Gasteiger partial charge in [-0.25, -0.2) is 0 Å². The molecule has 4 heteroatoms. The normalized spacial score (nSPS) is 12.3. The SMILES string of the molecule is Cc1ccc2c(c1)Oc1cc(C)ccc1N2c1ccc(-n2c3ccccc3c3ccc4c(cc(-c5ccccc5)n4-c4ccccc4)c32)cc1. The summed E-state index contributed by atoms with van der Waals surface area (Å²) in [6, 6.07) is 58.9. The van der Waals surface area contributed by atoms with Crippen LogP contribution in [0.2, 0.25) is 0 Å². The molecule has 1 aliphatic rings. The van der Waals surface area contributed by atoms with Gasteiger partial charge in [0, 0.05) is 33.2 Å². The van der Waals surface area contributed by atoms with Crippen LogP contribution in [0.1, 0.15) is 11.1 Å².